The van der Waals surface area contributed by atoms with E-state index >= 15 is 0 Å². The van der Waals surface area contributed by atoms with E-state index in [1.807, 2.05) is 23.6 Å². The Bertz CT molecular complexity index is 1070. The Kier molecular flexibility index (Phi) is 6.54. The number of amides is 1. The fraction of sp³-hybridized carbons (Fsp3) is 0.455. The molecule has 30 heavy (non-hydrogen) atoms. The summed E-state index contributed by atoms with van der Waals surface area (Å²) >= 11 is 1.47. The van der Waals surface area contributed by atoms with Gasteiger partial charge in [0, 0.05) is 24.9 Å². The molecule has 0 saturated carbocycles. The van der Waals surface area contributed by atoms with Crippen molar-refractivity contribution in [3.8, 4) is 0 Å². The van der Waals surface area contributed by atoms with Gasteiger partial charge in [-0.3, -0.25) is 19.1 Å². The molecular weight excluding hydrogens is 398 g/mol. The van der Waals surface area contributed by atoms with E-state index in [0.29, 0.717) is 35.4 Å². The van der Waals surface area contributed by atoms with Crippen LogP contribution < -0.4 is 10.9 Å². The van der Waals surface area contributed by atoms with Crippen LogP contribution >= 0.6 is 11.3 Å². The first-order valence-electron chi connectivity index (χ1n) is 10.5. The van der Waals surface area contributed by atoms with Crippen LogP contribution in [0.3, 0.4) is 0 Å². The second kappa shape index (κ2) is 9.49. The molecule has 0 aliphatic carbocycles. The SMILES string of the molecule is CC1CCN(Cc2csc(NC(=O)CCCn3cnc4ccccc4c3=O)n2)CC1. The lowest BCUT2D eigenvalue weighted by molar-refractivity contribution is -0.116. The molecule has 0 spiro atoms. The van der Waals surface area contributed by atoms with Crippen molar-refractivity contribution in [2.75, 3.05) is 18.4 Å². The van der Waals surface area contributed by atoms with E-state index in [4.69, 9.17) is 0 Å². The number of rotatable bonds is 7. The van der Waals surface area contributed by atoms with Crippen LogP contribution in [0.4, 0.5) is 5.13 Å². The smallest absolute Gasteiger partial charge is 0.261 e. The average Bonchev–Trinajstić information content (AvgIpc) is 3.18. The van der Waals surface area contributed by atoms with Gasteiger partial charge in [0.1, 0.15) is 0 Å². The zero-order chi connectivity index (χ0) is 20.9. The van der Waals surface area contributed by atoms with E-state index in [1.165, 1.54) is 24.2 Å². The Labute approximate surface area is 179 Å². The highest BCUT2D eigenvalue weighted by Crippen LogP contribution is 2.21. The van der Waals surface area contributed by atoms with Crippen LogP contribution in [-0.2, 0) is 17.9 Å². The molecule has 0 radical (unpaired) electrons. The molecule has 4 rings (SSSR count). The number of carbonyl (C=O) groups excluding carboxylic acids is 1. The lowest BCUT2D eigenvalue weighted by Gasteiger charge is -2.29. The predicted octanol–water partition coefficient (Wildman–Crippen LogP) is 3.50. The number of hydrogen-bond donors (Lipinski definition) is 1. The Morgan fingerprint density at radius 2 is 2.07 bits per heavy atom. The third-order valence-electron chi connectivity index (χ3n) is 5.59. The first-order chi connectivity index (χ1) is 14.6. The minimum atomic E-state index is -0.0792. The lowest BCUT2D eigenvalue weighted by atomic mass is 9.99. The first kappa shape index (κ1) is 20.7. The summed E-state index contributed by atoms with van der Waals surface area (Å²) in [5, 5.41) is 6.15. The molecule has 0 bridgehead atoms. The molecule has 1 aliphatic heterocycles. The van der Waals surface area contributed by atoms with Gasteiger partial charge >= 0.3 is 0 Å². The highest BCUT2D eigenvalue weighted by Gasteiger charge is 2.17. The van der Waals surface area contributed by atoms with Crippen molar-refractivity contribution in [2.45, 2.75) is 45.7 Å². The van der Waals surface area contributed by atoms with Gasteiger partial charge in [-0.1, -0.05) is 19.1 Å². The summed E-state index contributed by atoms with van der Waals surface area (Å²) in [7, 11) is 0. The quantitative estimate of drug-likeness (QED) is 0.627. The number of aromatic nitrogens is 3. The number of benzene rings is 1. The number of carbonyl (C=O) groups is 1. The molecule has 0 unspecified atom stereocenters. The Morgan fingerprint density at radius 1 is 1.27 bits per heavy atom. The van der Waals surface area contributed by atoms with Crippen molar-refractivity contribution in [1.29, 1.82) is 0 Å². The molecular formula is C22H27N5O2S. The van der Waals surface area contributed by atoms with Gasteiger partial charge in [-0.2, -0.15) is 0 Å². The molecule has 8 heteroatoms. The monoisotopic (exact) mass is 425 g/mol. The van der Waals surface area contributed by atoms with Crippen molar-refractivity contribution in [1.82, 2.24) is 19.4 Å². The first-order valence-corrected chi connectivity index (χ1v) is 11.4. The molecule has 0 atom stereocenters. The number of anilines is 1. The summed E-state index contributed by atoms with van der Waals surface area (Å²) in [5.41, 5.74) is 1.63. The van der Waals surface area contributed by atoms with Crippen LogP contribution in [-0.4, -0.2) is 38.4 Å². The van der Waals surface area contributed by atoms with Crippen LogP contribution in [0.2, 0.25) is 0 Å². The van der Waals surface area contributed by atoms with Crippen LogP contribution in [0.15, 0.2) is 40.8 Å². The Hall–Kier alpha value is -2.58. The van der Waals surface area contributed by atoms with Crippen molar-refractivity contribution in [3.05, 3.63) is 52.0 Å². The zero-order valence-electron chi connectivity index (χ0n) is 17.2. The fourth-order valence-electron chi connectivity index (χ4n) is 3.74. The highest BCUT2D eigenvalue weighted by molar-refractivity contribution is 7.13. The summed E-state index contributed by atoms with van der Waals surface area (Å²) in [6.07, 6.45) is 4.93. The predicted molar refractivity (Wildman–Crippen MR) is 120 cm³/mol. The van der Waals surface area contributed by atoms with Crippen LogP contribution in [0.5, 0.6) is 0 Å². The van der Waals surface area contributed by atoms with Gasteiger partial charge in [-0.15, -0.1) is 11.3 Å². The van der Waals surface area contributed by atoms with Crippen LogP contribution in [0, 0.1) is 5.92 Å². The molecule has 7 nitrogen and oxygen atoms in total. The minimum Gasteiger partial charge on any atom is -0.302 e. The zero-order valence-corrected chi connectivity index (χ0v) is 18.0. The molecule has 1 aliphatic rings. The van der Waals surface area contributed by atoms with Gasteiger partial charge in [0.2, 0.25) is 5.91 Å². The number of thiazole rings is 1. The maximum absolute atomic E-state index is 12.5. The van der Waals surface area contributed by atoms with Crippen molar-refractivity contribution < 1.29 is 4.79 Å². The largest absolute Gasteiger partial charge is 0.302 e. The second-order valence-corrected chi connectivity index (χ2v) is 8.87. The van der Waals surface area contributed by atoms with E-state index in [0.717, 1.165) is 31.2 Å². The standard InChI is InChI=1S/C22H27N5O2S/c1-16-8-11-26(12-9-16)13-17-14-30-22(24-17)25-20(28)7-4-10-27-15-23-19-6-3-2-5-18(19)21(27)29/h2-3,5-6,14-16H,4,7-13H2,1H3,(H,24,25,28). The van der Waals surface area contributed by atoms with Crippen LogP contribution in [0.1, 0.15) is 38.3 Å². The maximum atomic E-state index is 12.5. The highest BCUT2D eigenvalue weighted by atomic mass is 32.1. The lowest BCUT2D eigenvalue weighted by Crippen LogP contribution is -2.32. The van der Waals surface area contributed by atoms with Gasteiger partial charge in [0.15, 0.2) is 5.13 Å². The number of likely N-dealkylation sites (tertiary alicyclic amines) is 1. The summed E-state index contributed by atoms with van der Waals surface area (Å²) in [5.74, 6) is 0.734. The van der Waals surface area contributed by atoms with Crippen molar-refractivity contribution >= 4 is 33.3 Å². The molecule has 3 aromatic rings. The normalized spacial score (nSPS) is 15.5. The van der Waals surface area contributed by atoms with Crippen molar-refractivity contribution in [2.24, 2.45) is 5.92 Å². The number of hydrogen-bond acceptors (Lipinski definition) is 6. The van der Waals surface area contributed by atoms with Crippen molar-refractivity contribution in [3.63, 3.8) is 0 Å². The van der Waals surface area contributed by atoms with E-state index in [-0.39, 0.29) is 11.5 Å². The summed E-state index contributed by atoms with van der Waals surface area (Å²) in [6.45, 7) is 5.84. The number of para-hydroxylation sites is 1. The fourth-order valence-corrected chi connectivity index (χ4v) is 4.46. The molecule has 1 fully saturated rings. The molecule has 1 amide bonds. The molecule has 2 aromatic heterocycles. The van der Waals surface area contributed by atoms with E-state index < -0.39 is 0 Å². The van der Waals surface area contributed by atoms with E-state index in [9.17, 15) is 9.59 Å². The molecule has 1 N–H and O–H groups in total. The average molecular weight is 426 g/mol. The third-order valence-corrected chi connectivity index (χ3v) is 6.40. The van der Waals surface area contributed by atoms with Gasteiger partial charge < -0.3 is 5.32 Å². The molecule has 3 heterocycles. The van der Waals surface area contributed by atoms with Gasteiger partial charge in [-0.25, -0.2) is 9.97 Å². The summed E-state index contributed by atoms with van der Waals surface area (Å²) < 4.78 is 1.57. The number of aryl methyl sites for hydroxylation is 1. The molecule has 158 valence electrons. The topological polar surface area (TPSA) is 80.1 Å². The summed E-state index contributed by atoms with van der Waals surface area (Å²) in [4.78, 5) is 36.1. The number of nitrogens with one attached hydrogen (secondary N) is 1. The van der Waals surface area contributed by atoms with E-state index in [1.54, 1.807) is 17.0 Å². The third kappa shape index (κ3) is 5.12. The van der Waals surface area contributed by atoms with E-state index in [2.05, 4.69) is 27.1 Å². The van der Waals surface area contributed by atoms with Gasteiger partial charge in [0.05, 0.1) is 22.9 Å². The maximum Gasteiger partial charge on any atom is 0.261 e. The molecule has 1 aromatic carbocycles. The minimum absolute atomic E-state index is 0.0716. The van der Waals surface area contributed by atoms with Gasteiger partial charge in [-0.05, 0) is 50.4 Å². The van der Waals surface area contributed by atoms with Gasteiger partial charge in [0.25, 0.3) is 5.56 Å². The Morgan fingerprint density at radius 3 is 2.90 bits per heavy atom. The number of piperidine rings is 1. The van der Waals surface area contributed by atoms with Crippen LogP contribution in [0.25, 0.3) is 10.9 Å². The number of fused-ring (bicyclic) bond motifs is 1. The second-order valence-electron chi connectivity index (χ2n) is 8.01. The summed E-state index contributed by atoms with van der Waals surface area (Å²) in [6, 6.07) is 7.29. The number of nitrogens with zero attached hydrogens (tertiary/aromatic N) is 4. The Balaban J connectivity index is 1.25. The molecule has 1 saturated heterocycles.